The van der Waals surface area contributed by atoms with Crippen LogP contribution in [0.4, 0.5) is 0 Å². The summed E-state index contributed by atoms with van der Waals surface area (Å²) >= 11 is 0. The molecule has 0 bridgehead atoms. The van der Waals surface area contributed by atoms with Crippen LogP contribution in [0, 0.1) is 17.8 Å². The van der Waals surface area contributed by atoms with Crippen molar-refractivity contribution >= 4 is 11.9 Å². The molecule has 3 N–H and O–H groups in total. The maximum atomic E-state index is 10.6. The highest BCUT2D eigenvalue weighted by molar-refractivity contribution is 5.70. The van der Waals surface area contributed by atoms with Crippen molar-refractivity contribution in [3.63, 3.8) is 0 Å². The van der Waals surface area contributed by atoms with Gasteiger partial charge in [-0.2, -0.15) is 0 Å². The number of rotatable bonds is 6. The molecule has 15 heavy (non-hydrogen) atoms. The normalized spacial score (nSPS) is 18.9. The molecular formula is C10H18O5. The highest BCUT2D eigenvalue weighted by atomic mass is 16.4. The van der Waals surface area contributed by atoms with E-state index in [0.717, 1.165) is 0 Å². The van der Waals surface area contributed by atoms with Crippen molar-refractivity contribution in [3.8, 4) is 0 Å². The minimum Gasteiger partial charge on any atom is -0.481 e. The SMILES string of the molecule is CC(CC(C)C(O)C(C)C(=O)O)C(=O)O. The first kappa shape index (κ1) is 13.9. The fourth-order valence-electron chi connectivity index (χ4n) is 1.44. The van der Waals surface area contributed by atoms with Gasteiger partial charge in [-0.05, 0) is 19.3 Å². The van der Waals surface area contributed by atoms with Gasteiger partial charge in [0.15, 0.2) is 0 Å². The molecule has 0 heterocycles. The van der Waals surface area contributed by atoms with Crippen molar-refractivity contribution in [1.82, 2.24) is 0 Å². The maximum Gasteiger partial charge on any atom is 0.308 e. The molecule has 0 spiro atoms. The summed E-state index contributed by atoms with van der Waals surface area (Å²) in [7, 11) is 0. The van der Waals surface area contributed by atoms with Crippen LogP contribution in [0.25, 0.3) is 0 Å². The topological polar surface area (TPSA) is 94.8 Å². The lowest BCUT2D eigenvalue weighted by molar-refractivity contribution is -0.146. The Kier molecular flexibility index (Phi) is 5.28. The van der Waals surface area contributed by atoms with Crippen molar-refractivity contribution < 1.29 is 24.9 Å². The van der Waals surface area contributed by atoms with Gasteiger partial charge in [-0.15, -0.1) is 0 Å². The van der Waals surface area contributed by atoms with Gasteiger partial charge in [-0.1, -0.05) is 13.8 Å². The summed E-state index contributed by atoms with van der Waals surface area (Å²) < 4.78 is 0. The smallest absolute Gasteiger partial charge is 0.308 e. The van der Waals surface area contributed by atoms with Crippen LogP contribution in [0.5, 0.6) is 0 Å². The van der Waals surface area contributed by atoms with Crippen molar-refractivity contribution in [1.29, 1.82) is 0 Å². The fourth-order valence-corrected chi connectivity index (χ4v) is 1.44. The number of carboxylic acid groups (broad SMARTS) is 2. The minimum absolute atomic E-state index is 0.272. The lowest BCUT2D eigenvalue weighted by atomic mass is 9.87. The molecule has 0 saturated heterocycles. The Bertz CT molecular complexity index is 238. The second-order valence-corrected chi connectivity index (χ2v) is 4.07. The molecule has 0 aromatic heterocycles. The third-order valence-corrected chi connectivity index (χ3v) is 2.63. The van der Waals surface area contributed by atoms with Gasteiger partial charge in [0.2, 0.25) is 0 Å². The van der Waals surface area contributed by atoms with Gasteiger partial charge in [-0.25, -0.2) is 0 Å². The molecule has 0 amide bonds. The zero-order valence-electron chi connectivity index (χ0n) is 9.17. The molecule has 0 fully saturated rings. The van der Waals surface area contributed by atoms with E-state index in [2.05, 4.69) is 0 Å². The molecule has 0 radical (unpaired) electrons. The molecule has 0 saturated carbocycles. The molecule has 0 rings (SSSR count). The van der Waals surface area contributed by atoms with Gasteiger partial charge in [0.05, 0.1) is 17.9 Å². The summed E-state index contributed by atoms with van der Waals surface area (Å²) in [4.78, 5) is 21.2. The molecule has 88 valence electrons. The van der Waals surface area contributed by atoms with Crippen LogP contribution in [0.3, 0.4) is 0 Å². The Balaban J connectivity index is 4.26. The van der Waals surface area contributed by atoms with Crippen LogP contribution in [-0.4, -0.2) is 33.4 Å². The molecular weight excluding hydrogens is 200 g/mol. The Labute approximate surface area is 88.7 Å². The van der Waals surface area contributed by atoms with E-state index >= 15 is 0 Å². The molecule has 4 unspecified atom stereocenters. The van der Waals surface area contributed by atoms with Gasteiger partial charge < -0.3 is 15.3 Å². The summed E-state index contributed by atoms with van der Waals surface area (Å²) in [6.45, 7) is 4.61. The maximum absolute atomic E-state index is 10.6. The lowest BCUT2D eigenvalue weighted by Gasteiger charge is -2.23. The van der Waals surface area contributed by atoms with E-state index in [1.807, 2.05) is 0 Å². The van der Waals surface area contributed by atoms with Gasteiger partial charge in [0, 0.05) is 0 Å². The molecule has 0 aliphatic heterocycles. The number of carbonyl (C=O) groups is 2. The fraction of sp³-hybridized carbons (Fsp3) is 0.800. The van der Waals surface area contributed by atoms with Gasteiger partial charge in [-0.3, -0.25) is 9.59 Å². The summed E-state index contributed by atoms with van der Waals surface area (Å²) in [6, 6.07) is 0. The summed E-state index contributed by atoms with van der Waals surface area (Å²) in [5.41, 5.74) is 0. The second-order valence-electron chi connectivity index (χ2n) is 4.07. The molecule has 0 aromatic carbocycles. The van der Waals surface area contributed by atoms with E-state index < -0.39 is 29.9 Å². The van der Waals surface area contributed by atoms with Crippen LogP contribution < -0.4 is 0 Å². The predicted molar refractivity (Wildman–Crippen MR) is 53.4 cm³/mol. The van der Waals surface area contributed by atoms with E-state index in [1.54, 1.807) is 6.92 Å². The standard InChI is InChI=1S/C10H18O5/c1-5(4-6(2)9(12)13)8(11)7(3)10(14)15/h5-8,11H,4H2,1-3H3,(H,12,13)(H,14,15). The van der Waals surface area contributed by atoms with E-state index in [9.17, 15) is 14.7 Å². The van der Waals surface area contributed by atoms with Crippen molar-refractivity contribution in [2.75, 3.05) is 0 Å². The summed E-state index contributed by atoms with van der Waals surface area (Å²) in [5, 5.41) is 26.9. The highest BCUT2D eigenvalue weighted by Gasteiger charge is 2.28. The van der Waals surface area contributed by atoms with E-state index in [4.69, 9.17) is 10.2 Å². The quantitative estimate of drug-likeness (QED) is 0.613. The first-order chi connectivity index (χ1) is 6.77. The number of hydrogen-bond donors (Lipinski definition) is 3. The highest BCUT2D eigenvalue weighted by Crippen LogP contribution is 2.20. The van der Waals surface area contributed by atoms with Gasteiger partial charge in [0.25, 0.3) is 0 Å². The molecule has 5 nitrogen and oxygen atoms in total. The largest absolute Gasteiger partial charge is 0.481 e. The molecule has 0 aliphatic rings. The summed E-state index contributed by atoms with van der Waals surface area (Å²) in [6.07, 6.45) is -0.738. The Hall–Kier alpha value is -1.10. The monoisotopic (exact) mass is 218 g/mol. The average Bonchev–Trinajstić information content (AvgIpc) is 2.14. The Morgan fingerprint density at radius 2 is 1.53 bits per heavy atom. The van der Waals surface area contributed by atoms with Crippen LogP contribution in [-0.2, 0) is 9.59 Å². The van der Waals surface area contributed by atoms with Crippen LogP contribution in [0.2, 0.25) is 0 Å². The number of aliphatic carboxylic acids is 2. The van der Waals surface area contributed by atoms with Crippen molar-refractivity contribution in [2.45, 2.75) is 33.3 Å². The molecule has 4 atom stereocenters. The number of aliphatic hydroxyl groups excluding tert-OH is 1. The van der Waals surface area contributed by atoms with Crippen LogP contribution >= 0.6 is 0 Å². The average molecular weight is 218 g/mol. The first-order valence-electron chi connectivity index (χ1n) is 4.91. The Morgan fingerprint density at radius 1 is 1.07 bits per heavy atom. The second kappa shape index (κ2) is 5.70. The lowest BCUT2D eigenvalue weighted by Crippen LogP contribution is -2.32. The zero-order valence-corrected chi connectivity index (χ0v) is 9.17. The zero-order chi connectivity index (χ0) is 12.2. The van der Waals surface area contributed by atoms with Gasteiger partial charge in [0.1, 0.15) is 0 Å². The van der Waals surface area contributed by atoms with E-state index in [1.165, 1.54) is 13.8 Å². The van der Waals surface area contributed by atoms with Crippen LogP contribution in [0.15, 0.2) is 0 Å². The molecule has 5 heteroatoms. The number of hydrogen-bond acceptors (Lipinski definition) is 3. The predicted octanol–water partition coefficient (Wildman–Crippen LogP) is 0.815. The van der Waals surface area contributed by atoms with Crippen molar-refractivity contribution in [3.05, 3.63) is 0 Å². The number of aliphatic hydroxyl groups is 1. The first-order valence-corrected chi connectivity index (χ1v) is 4.91. The molecule has 0 aliphatic carbocycles. The summed E-state index contributed by atoms with van der Waals surface area (Å²) in [5.74, 6) is -3.80. The van der Waals surface area contributed by atoms with Gasteiger partial charge >= 0.3 is 11.9 Å². The van der Waals surface area contributed by atoms with Crippen LogP contribution in [0.1, 0.15) is 27.2 Å². The molecule has 0 aromatic rings. The third kappa shape index (κ3) is 4.29. The number of carboxylic acids is 2. The third-order valence-electron chi connectivity index (χ3n) is 2.63. The Morgan fingerprint density at radius 3 is 1.87 bits per heavy atom. The minimum atomic E-state index is -1.07. The van der Waals surface area contributed by atoms with Crippen molar-refractivity contribution in [2.24, 2.45) is 17.8 Å². The van der Waals surface area contributed by atoms with E-state index in [0.29, 0.717) is 0 Å². The van der Waals surface area contributed by atoms with E-state index in [-0.39, 0.29) is 12.3 Å².